The van der Waals surface area contributed by atoms with Crippen molar-refractivity contribution in [3.8, 4) is 11.5 Å². The zero-order valence-electron chi connectivity index (χ0n) is 27.6. The third-order valence-corrected chi connectivity index (χ3v) is 9.52. The minimum atomic E-state index is -0.789. The maximum absolute atomic E-state index is 14.2. The lowest BCUT2D eigenvalue weighted by molar-refractivity contribution is -0.138. The molecule has 50 heavy (non-hydrogen) atoms. The van der Waals surface area contributed by atoms with Gasteiger partial charge in [0.05, 0.1) is 52.2 Å². The van der Waals surface area contributed by atoms with Crippen molar-refractivity contribution in [1.82, 2.24) is 4.57 Å². The number of halogens is 1. The van der Waals surface area contributed by atoms with Gasteiger partial charge in [0.2, 0.25) is 0 Å². The van der Waals surface area contributed by atoms with Crippen LogP contribution in [0.15, 0.2) is 117 Å². The van der Waals surface area contributed by atoms with Gasteiger partial charge in [0.1, 0.15) is 18.1 Å². The molecule has 0 spiro atoms. The average Bonchev–Trinajstić information content (AvgIpc) is 3.45. The summed E-state index contributed by atoms with van der Waals surface area (Å²) in [6.07, 6.45) is 1.80. The Morgan fingerprint density at radius 2 is 1.60 bits per heavy atom. The fourth-order valence-corrected chi connectivity index (χ4v) is 7.04. The number of fused-ring (bicyclic) bond motifs is 1. The van der Waals surface area contributed by atoms with Crippen molar-refractivity contribution in [2.75, 3.05) is 20.3 Å². The van der Waals surface area contributed by atoms with Crippen LogP contribution < -0.4 is 24.4 Å². The number of benzene rings is 4. The highest BCUT2D eigenvalue weighted by Crippen LogP contribution is 2.36. The molecule has 0 aliphatic carbocycles. The lowest BCUT2D eigenvalue weighted by atomic mass is 9.93. The number of aromatic nitrogens is 1. The number of carbonyl (C=O) groups excluding carboxylic acids is 2. The zero-order valence-corrected chi connectivity index (χ0v) is 30.0. The Morgan fingerprint density at radius 1 is 0.900 bits per heavy atom. The minimum Gasteiger partial charge on any atom is -0.497 e. The first kappa shape index (κ1) is 34.6. The molecule has 5 aromatic rings. The molecule has 0 unspecified atom stereocenters. The van der Waals surface area contributed by atoms with Crippen LogP contribution >= 0.6 is 27.3 Å². The number of carbonyl (C=O) groups is 2. The molecule has 0 radical (unpaired) electrons. The second kappa shape index (κ2) is 15.5. The summed E-state index contributed by atoms with van der Waals surface area (Å²) in [4.78, 5) is 45.2. The Kier molecular flexibility index (Phi) is 10.7. The Labute approximate surface area is 300 Å². The third kappa shape index (κ3) is 7.34. The molecule has 2 heterocycles. The molecule has 0 amide bonds. The fourth-order valence-electron chi connectivity index (χ4n) is 5.53. The Morgan fingerprint density at radius 3 is 2.26 bits per heavy atom. The lowest BCUT2D eigenvalue weighted by Gasteiger charge is -2.26. The summed E-state index contributed by atoms with van der Waals surface area (Å²) in [5, 5.41) is 0. The highest BCUT2D eigenvalue weighted by atomic mass is 79.9. The predicted molar refractivity (Wildman–Crippen MR) is 195 cm³/mol. The highest BCUT2D eigenvalue weighted by Gasteiger charge is 2.35. The molecular weight excluding hydrogens is 720 g/mol. The van der Waals surface area contributed by atoms with Crippen LogP contribution in [0.3, 0.4) is 0 Å². The van der Waals surface area contributed by atoms with Crippen LogP contribution in [0.1, 0.15) is 52.5 Å². The van der Waals surface area contributed by atoms with E-state index in [1.807, 2.05) is 72.8 Å². The van der Waals surface area contributed by atoms with Crippen molar-refractivity contribution in [3.05, 3.63) is 155 Å². The number of esters is 2. The number of thiazole rings is 1. The van der Waals surface area contributed by atoms with Gasteiger partial charge in [-0.1, -0.05) is 72.0 Å². The summed E-state index contributed by atoms with van der Waals surface area (Å²) < 4.78 is 24.7. The standard InChI is InChI=1S/C39H33BrN2O7S/c1-4-47-37(44)28-14-11-24(12-15-28)23-49-31-20-13-25(21-30(31)40)22-32-36(43)42-35(27-16-18-29(46-3)19-17-27)33(38(45)48-5-2)34(41-39(42)50-32)26-9-7-6-8-10-26/h6-22,35H,4-5,23H2,1-3H3/b32-22-/t35-/m0/s1. The van der Waals surface area contributed by atoms with Crippen LogP contribution in [0, 0.1) is 0 Å². The maximum Gasteiger partial charge on any atom is 0.338 e. The van der Waals surface area contributed by atoms with Gasteiger partial charge in [0, 0.05) is 5.56 Å². The average molecular weight is 754 g/mol. The first-order valence-electron chi connectivity index (χ1n) is 15.9. The van der Waals surface area contributed by atoms with Gasteiger partial charge >= 0.3 is 11.9 Å². The van der Waals surface area contributed by atoms with Crippen LogP contribution in [0.4, 0.5) is 0 Å². The molecular formula is C39H33BrN2O7S. The normalized spacial score (nSPS) is 14.1. The largest absolute Gasteiger partial charge is 0.497 e. The summed E-state index contributed by atoms with van der Waals surface area (Å²) >= 11 is 4.86. The van der Waals surface area contributed by atoms with E-state index < -0.39 is 12.0 Å². The van der Waals surface area contributed by atoms with Crippen LogP contribution in [0.2, 0.25) is 0 Å². The van der Waals surface area contributed by atoms with Gasteiger partial charge in [0.25, 0.3) is 5.56 Å². The number of rotatable bonds is 11. The van der Waals surface area contributed by atoms with E-state index in [4.69, 9.17) is 23.9 Å². The fraction of sp³-hybridized carbons (Fsp3) is 0.179. The monoisotopic (exact) mass is 752 g/mol. The van der Waals surface area contributed by atoms with Gasteiger partial charge in [-0.3, -0.25) is 9.36 Å². The first-order valence-corrected chi connectivity index (χ1v) is 17.5. The molecule has 11 heteroatoms. The summed E-state index contributed by atoms with van der Waals surface area (Å²) in [5.41, 5.74) is 4.03. The lowest BCUT2D eigenvalue weighted by Crippen LogP contribution is -2.40. The molecule has 0 saturated heterocycles. The summed E-state index contributed by atoms with van der Waals surface area (Å²) in [5.74, 6) is 0.359. The zero-order chi connectivity index (χ0) is 35.2. The van der Waals surface area contributed by atoms with E-state index in [1.165, 1.54) is 11.3 Å². The van der Waals surface area contributed by atoms with Crippen molar-refractivity contribution < 1.29 is 28.5 Å². The third-order valence-electron chi connectivity index (χ3n) is 7.92. The van der Waals surface area contributed by atoms with Crippen molar-refractivity contribution in [2.24, 2.45) is 4.99 Å². The molecule has 0 N–H and O–H groups in total. The second-order valence-corrected chi connectivity index (χ2v) is 13.0. The quantitative estimate of drug-likeness (QED) is 0.143. The molecule has 1 aliphatic rings. The Hall–Kier alpha value is -5.26. The van der Waals surface area contributed by atoms with E-state index in [1.54, 1.807) is 55.9 Å². The summed E-state index contributed by atoms with van der Waals surface area (Å²) in [6, 6.07) is 28.6. The highest BCUT2D eigenvalue weighted by molar-refractivity contribution is 9.10. The van der Waals surface area contributed by atoms with Crippen LogP contribution in [0.5, 0.6) is 11.5 Å². The van der Waals surface area contributed by atoms with E-state index in [0.29, 0.717) is 48.7 Å². The number of methoxy groups -OCH3 is 1. The van der Waals surface area contributed by atoms with E-state index in [9.17, 15) is 14.4 Å². The van der Waals surface area contributed by atoms with Gasteiger partial charge in [-0.2, -0.15) is 0 Å². The molecule has 9 nitrogen and oxygen atoms in total. The van der Waals surface area contributed by atoms with Crippen molar-refractivity contribution in [3.63, 3.8) is 0 Å². The topological polar surface area (TPSA) is 105 Å². The van der Waals surface area contributed by atoms with Crippen LogP contribution in [-0.2, 0) is 20.9 Å². The van der Waals surface area contributed by atoms with Gasteiger partial charge in [-0.15, -0.1) is 0 Å². The number of hydrogen-bond acceptors (Lipinski definition) is 9. The van der Waals surface area contributed by atoms with Crippen LogP contribution in [-0.4, -0.2) is 36.8 Å². The first-order chi connectivity index (χ1) is 24.3. The van der Waals surface area contributed by atoms with Crippen molar-refractivity contribution in [1.29, 1.82) is 0 Å². The van der Waals surface area contributed by atoms with Gasteiger partial charge in [-0.25, -0.2) is 14.6 Å². The second-order valence-electron chi connectivity index (χ2n) is 11.1. The van der Waals surface area contributed by atoms with Crippen molar-refractivity contribution >= 4 is 51.0 Å². The van der Waals surface area contributed by atoms with Gasteiger partial charge in [0.15, 0.2) is 4.80 Å². The maximum atomic E-state index is 14.2. The Bertz CT molecular complexity index is 2240. The Balaban J connectivity index is 1.37. The summed E-state index contributed by atoms with van der Waals surface area (Å²) in [7, 11) is 1.58. The number of hydrogen-bond donors (Lipinski definition) is 0. The van der Waals surface area contributed by atoms with Gasteiger partial charge in [-0.05, 0) is 88.9 Å². The predicted octanol–water partition coefficient (Wildman–Crippen LogP) is 6.46. The minimum absolute atomic E-state index is 0.167. The molecule has 254 valence electrons. The SMILES string of the molecule is CCOC(=O)C1=C(c2ccccc2)N=c2s/c(=C\c3ccc(OCc4ccc(C(=O)OCC)cc4)c(Br)c3)c(=O)n2[C@H]1c1ccc(OC)cc1. The van der Waals surface area contributed by atoms with E-state index >= 15 is 0 Å². The summed E-state index contributed by atoms with van der Waals surface area (Å²) in [6.45, 7) is 4.29. The molecule has 6 rings (SSSR count). The molecule has 1 aliphatic heterocycles. The smallest absolute Gasteiger partial charge is 0.338 e. The molecule has 1 aromatic heterocycles. The molecule has 4 aromatic carbocycles. The van der Waals surface area contributed by atoms with E-state index in [0.717, 1.165) is 16.7 Å². The molecule has 1 atom stereocenters. The number of ether oxygens (including phenoxy) is 4. The van der Waals surface area contributed by atoms with Crippen molar-refractivity contribution in [2.45, 2.75) is 26.5 Å². The number of nitrogens with zero attached hydrogens (tertiary/aromatic N) is 2. The van der Waals surface area contributed by atoms with Gasteiger partial charge < -0.3 is 18.9 Å². The van der Waals surface area contributed by atoms with E-state index in [2.05, 4.69) is 15.9 Å². The van der Waals surface area contributed by atoms with E-state index in [-0.39, 0.29) is 30.3 Å². The molecule has 0 fully saturated rings. The van der Waals surface area contributed by atoms with Crippen LogP contribution in [0.25, 0.3) is 11.8 Å². The molecule has 0 saturated carbocycles. The molecule has 0 bridgehead atoms.